The average molecular weight is 491 g/mol. The summed E-state index contributed by atoms with van der Waals surface area (Å²) in [5.74, 6) is 0.888. The van der Waals surface area contributed by atoms with Gasteiger partial charge in [-0.05, 0) is 42.2 Å². The van der Waals surface area contributed by atoms with Crippen LogP contribution in [0.25, 0.3) is 10.9 Å². The molecule has 0 radical (unpaired) electrons. The van der Waals surface area contributed by atoms with E-state index in [0.29, 0.717) is 45.9 Å². The predicted molar refractivity (Wildman–Crippen MR) is 138 cm³/mol. The number of piperazine rings is 1. The zero-order chi connectivity index (χ0) is 24.9. The Morgan fingerprint density at radius 3 is 2.61 bits per heavy atom. The van der Waals surface area contributed by atoms with Gasteiger partial charge in [0.15, 0.2) is 0 Å². The van der Waals surface area contributed by atoms with E-state index in [4.69, 9.17) is 9.47 Å². The molecule has 0 aliphatic carbocycles. The van der Waals surface area contributed by atoms with E-state index in [0.717, 1.165) is 40.6 Å². The van der Waals surface area contributed by atoms with Crippen molar-refractivity contribution in [2.45, 2.75) is 24.9 Å². The lowest BCUT2D eigenvalue weighted by molar-refractivity contribution is -0.142. The lowest BCUT2D eigenvalue weighted by Crippen LogP contribution is -2.53. The Hall–Kier alpha value is -3.36. The van der Waals surface area contributed by atoms with Crippen LogP contribution in [0.3, 0.4) is 0 Å². The average Bonchev–Trinajstić information content (AvgIpc) is 3.60. The molecule has 5 rings (SSSR count). The number of hydrogen-bond acceptors (Lipinski definition) is 5. The number of H-pyrrole nitrogens is 1. The van der Waals surface area contributed by atoms with Gasteiger partial charge in [0, 0.05) is 62.3 Å². The van der Waals surface area contributed by atoms with Crippen LogP contribution in [0, 0.1) is 0 Å². The van der Waals surface area contributed by atoms with Gasteiger partial charge >= 0.3 is 0 Å². The molecule has 3 heterocycles. The molecule has 0 bridgehead atoms. The van der Waals surface area contributed by atoms with Crippen LogP contribution >= 0.6 is 0 Å². The summed E-state index contributed by atoms with van der Waals surface area (Å²) in [7, 11) is 1.66. The fourth-order valence-corrected chi connectivity index (χ4v) is 5.20. The first-order valence-electron chi connectivity index (χ1n) is 12.7. The van der Waals surface area contributed by atoms with E-state index in [1.807, 2.05) is 35.4 Å². The van der Waals surface area contributed by atoms with Crippen LogP contribution in [0.2, 0.25) is 0 Å². The summed E-state index contributed by atoms with van der Waals surface area (Å²) in [6, 6.07) is 16.2. The Labute approximate surface area is 211 Å². The van der Waals surface area contributed by atoms with Crippen molar-refractivity contribution in [3.63, 3.8) is 0 Å². The molecule has 0 spiro atoms. The smallest absolute Gasteiger partial charge is 0.251 e. The van der Waals surface area contributed by atoms with E-state index in [1.165, 1.54) is 0 Å². The highest BCUT2D eigenvalue weighted by atomic mass is 16.5. The zero-order valence-electron chi connectivity index (χ0n) is 20.7. The number of carbonyl (C=O) groups is 2. The maximum Gasteiger partial charge on any atom is 0.251 e. The van der Waals surface area contributed by atoms with E-state index in [-0.39, 0.29) is 23.8 Å². The molecule has 2 unspecified atom stereocenters. The van der Waals surface area contributed by atoms with Gasteiger partial charge in [-0.2, -0.15) is 0 Å². The summed E-state index contributed by atoms with van der Waals surface area (Å²) in [4.78, 5) is 32.9. The van der Waals surface area contributed by atoms with Crippen molar-refractivity contribution in [3.05, 3.63) is 65.9 Å². The number of carbonyl (C=O) groups excluding carboxylic acids is 2. The largest absolute Gasteiger partial charge is 0.497 e. The van der Waals surface area contributed by atoms with Gasteiger partial charge in [0.05, 0.1) is 13.7 Å². The van der Waals surface area contributed by atoms with E-state index < -0.39 is 0 Å². The second-order valence-electron chi connectivity index (χ2n) is 9.52. The highest BCUT2D eigenvalue weighted by molar-refractivity contribution is 5.84. The first-order valence-corrected chi connectivity index (χ1v) is 12.7. The summed E-state index contributed by atoms with van der Waals surface area (Å²) in [6.45, 7) is 4.14. The van der Waals surface area contributed by atoms with Crippen LogP contribution in [-0.4, -0.2) is 85.7 Å². The molecule has 0 saturated carbocycles. The van der Waals surface area contributed by atoms with Gasteiger partial charge in [0.1, 0.15) is 11.9 Å². The molecule has 36 heavy (non-hydrogen) atoms. The molecular formula is C28H34N4O4. The van der Waals surface area contributed by atoms with Crippen molar-refractivity contribution in [3.8, 4) is 5.75 Å². The predicted octanol–water partition coefficient (Wildman–Crippen LogP) is 2.75. The number of nitrogens with zero attached hydrogens (tertiary/aromatic N) is 2. The maximum absolute atomic E-state index is 12.9. The normalized spacial score (nSPS) is 19.4. The third-order valence-electron chi connectivity index (χ3n) is 7.27. The summed E-state index contributed by atoms with van der Waals surface area (Å²) in [5.41, 5.74) is 3.34. The molecule has 8 nitrogen and oxygen atoms in total. The fourth-order valence-electron chi connectivity index (χ4n) is 5.20. The molecule has 2 amide bonds. The molecular weight excluding hydrogens is 456 g/mol. The Balaban J connectivity index is 1.20. The number of amides is 2. The number of para-hydroxylation sites is 1. The van der Waals surface area contributed by atoms with Crippen LogP contribution in [-0.2, 0) is 14.3 Å². The number of benzene rings is 2. The van der Waals surface area contributed by atoms with Gasteiger partial charge in [-0.1, -0.05) is 30.3 Å². The highest BCUT2D eigenvalue weighted by Gasteiger charge is 2.30. The third-order valence-corrected chi connectivity index (χ3v) is 7.27. The maximum atomic E-state index is 12.9. The molecule has 3 aromatic rings. The van der Waals surface area contributed by atoms with Crippen molar-refractivity contribution in [2.24, 2.45) is 0 Å². The van der Waals surface area contributed by atoms with Crippen molar-refractivity contribution >= 4 is 22.7 Å². The minimum atomic E-state index is -0.278. The van der Waals surface area contributed by atoms with E-state index >= 15 is 0 Å². The Bertz CT molecular complexity index is 1180. The van der Waals surface area contributed by atoms with Crippen LogP contribution < -0.4 is 10.1 Å². The van der Waals surface area contributed by atoms with Crippen LogP contribution in [0.15, 0.2) is 54.7 Å². The minimum Gasteiger partial charge on any atom is -0.497 e. The number of methoxy groups -OCH3 is 1. The summed E-state index contributed by atoms with van der Waals surface area (Å²) in [5, 5.41) is 4.31. The van der Waals surface area contributed by atoms with Crippen molar-refractivity contribution in [2.75, 3.05) is 53.0 Å². The van der Waals surface area contributed by atoms with E-state index in [1.54, 1.807) is 7.11 Å². The van der Waals surface area contributed by atoms with Gasteiger partial charge < -0.3 is 24.7 Å². The van der Waals surface area contributed by atoms with Crippen molar-refractivity contribution in [1.82, 2.24) is 20.1 Å². The van der Waals surface area contributed by atoms with Crippen molar-refractivity contribution < 1.29 is 19.1 Å². The van der Waals surface area contributed by atoms with Gasteiger partial charge in [-0.25, -0.2) is 0 Å². The van der Waals surface area contributed by atoms with Crippen molar-refractivity contribution in [1.29, 1.82) is 0 Å². The number of fused-ring (bicyclic) bond motifs is 1. The third kappa shape index (κ3) is 5.39. The lowest BCUT2D eigenvalue weighted by Gasteiger charge is -2.35. The number of ether oxygens (including phenoxy) is 2. The molecule has 2 atom stereocenters. The molecule has 2 saturated heterocycles. The van der Waals surface area contributed by atoms with Crippen LogP contribution in [0.5, 0.6) is 5.75 Å². The quantitative estimate of drug-likeness (QED) is 0.507. The molecule has 2 aliphatic rings. The van der Waals surface area contributed by atoms with Crippen LogP contribution in [0.1, 0.15) is 29.9 Å². The number of aromatic nitrogens is 1. The van der Waals surface area contributed by atoms with Gasteiger partial charge in [-0.3, -0.25) is 14.5 Å². The second kappa shape index (κ2) is 11.1. The number of nitrogens with one attached hydrogen (secondary N) is 2. The van der Waals surface area contributed by atoms with E-state index in [2.05, 4.69) is 39.5 Å². The zero-order valence-corrected chi connectivity index (χ0v) is 20.7. The summed E-state index contributed by atoms with van der Waals surface area (Å²) < 4.78 is 10.9. The lowest BCUT2D eigenvalue weighted by atomic mass is 9.90. The molecule has 2 fully saturated rings. The molecule has 190 valence electrons. The molecule has 8 heteroatoms. The highest BCUT2D eigenvalue weighted by Crippen LogP contribution is 2.31. The topological polar surface area (TPSA) is 86.9 Å². The summed E-state index contributed by atoms with van der Waals surface area (Å²) >= 11 is 0. The SMILES string of the molecule is COc1ccc(C(CNC(=O)CN2CCN(C(=O)C3CCCO3)CC2)c2c[nH]c3ccccc23)cc1. The van der Waals surface area contributed by atoms with Gasteiger partial charge in [0.25, 0.3) is 5.91 Å². The molecule has 1 aromatic heterocycles. The molecule has 2 N–H and O–H groups in total. The number of aromatic amines is 1. The standard InChI is InChI=1S/C28H34N4O4/c1-35-21-10-8-20(9-11-21)23(24-18-29-25-6-3-2-5-22(24)25)17-30-27(33)19-31-12-14-32(15-13-31)28(34)26-7-4-16-36-26/h2-3,5-6,8-11,18,23,26,29H,4,7,12-17,19H2,1H3,(H,30,33). The van der Waals surface area contributed by atoms with Gasteiger partial charge in [-0.15, -0.1) is 0 Å². The first-order chi connectivity index (χ1) is 17.6. The Morgan fingerprint density at radius 1 is 1.11 bits per heavy atom. The molecule has 2 aliphatic heterocycles. The number of rotatable bonds is 8. The van der Waals surface area contributed by atoms with E-state index in [9.17, 15) is 9.59 Å². The van der Waals surface area contributed by atoms with Gasteiger partial charge in [0.2, 0.25) is 5.91 Å². The van der Waals surface area contributed by atoms with Crippen LogP contribution in [0.4, 0.5) is 0 Å². The second-order valence-corrected chi connectivity index (χ2v) is 9.52. The molecule has 2 aromatic carbocycles. The monoisotopic (exact) mass is 490 g/mol. The fraction of sp³-hybridized carbons (Fsp3) is 0.429. The Kier molecular flexibility index (Phi) is 7.53. The first kappa shape index (κ1) is 24.3. The minimum absolute atomic E-state index is 0.00288. The summed E-state index contributed by atoms with van der Waals surface area (Å²) in [6.07, 6.45) is 3.52. The Morgan fingerprint density at radius 2 is 1.89 bits per heavy atom. The number of hydrogen-bond donors (Lipinski definition) is 2.